The van der Waals surface area contributed by atoms with E-state index in [2.05, 4.69) is 17.2 Å². The third-order valence-corrected chi connectivity index (χ3v) is 2.09. The molecule has 1 aliphatic heterocycles. The van der Waals surface area contributed by atoms with Crippen molar-refractivity contribution in [1.82, 2.24) is 10.6 Å². The summed E-state index contributed by atoms with van der Waals surface area (Å²) < 4.78 is 0. The molecule has 68 valence electrons. The van der Waals surface area contributed by atoms with Crippen molar-refractivity contribution in [2.45, 2.75) is 12.8 Å². The highest BCUT2D eigenvalue weighted by Crippen LogP contribution is 2.09. The molecule has 0 bridgehead atoms. The first kappa shape index (κ1) is 9.26. The molecule has 0 aromatic rings. The van der Waals surface area contributed by atoms with E-state index in [4.69, 9.17) is 0 Å². The van der Waals surface area contributed by atoms with Gasteiger partial charge in [0.05, 0.1) is 5.92 Å². The minimum Gasteiger partial charge on any atom is -0.352 e. The van der Waals surface area contributed by atoms with Gasteiger partial charge in [-0.05, 0) is 19.4 Å². The lowest BCUT2D eigenvalue weighted by Crippen LogP contribution is -2.40. The molecule has 1 atom stereocenters. The van der Waals surface area contributed by atoms with Gasteiger partial charge in [-0.25, -0.2) is 0 Å². The first-order valence-corrected chi connectivity index (χ1v) is 4.44. The van der Waals surface area contributed by atoms with E-state index < -0.39 is 0 Å². The van der Waals surface area contributed by atoms with Crippen molar-refractivity contribution in [1.29, 1.82) is 0 Å². The van der Waals surface area contributed by atoms with Crippen LogP contribution in [-0.2, 0) is 4.79 Å². The highest BCUT2D eigenvalue weighted by molar-refractivity contribution is 5.79. The van der Waals surface area contributed by atoms with E-state index in [1.807, 2.05) is 0 Å². The van der Waals surface area contributed by atoms with Gasteiger partial charge in [-0.2, -0.15) is 0 Å². The van der Waals surface area contributed by atoms with Crippen molar-refractivity contribution < 1.29 is 4.79 Å². The average molecular weight is 168 g/mol. The highest BCUT2D eigenvalue weighted by atomic mass is 16.1. The molecule has 3 nitrogen and oxygen atoms in total. The van der Waals surface area contributed by atoms with Crippen LogP contribution in [0.1, 0.15) is 12.8 Å². The Hall–Kier alpha value is -0.830. The number of hydrogen-bond donors (Lipinski definition) is 2. The number of rotatable bonds is 3. The van der Waals surface area contributed by atoms with Crippen LogP contribution in [0.25, 0.3) is 0 Å². The number of nitrogens with one attached hydrogen (secondary N) is 2. The highest BCUT2D eigenvalue weighted by Gasteiger charge is 2.19. The van der Waals surface area contributed by atoms with Gasteiger partial charge in [0.15, 0.2) is 0 Å². The molecule has 12 heavy (non-hydrogen) atoms. The summed E-state index contributed by atoms with van der Waals surface area (Å²) in [5.74, 6) is 0.320. The van der Waals surface area contributed by atoms with Crippen molar-refractivity contribution in [3.05, 3.63) is 12.7 Å². The Labute approximate surface area is 73.2 Å². The molecule has 2 N–H and O–H groups in total. The molecule has 1 fully saturated rings. The van der Waals surface area contributed by atoms with Gasteiger partial charge >= 0.3 is 0 Å². The van der Waals surface area contributed by atoms with E-state index in [1.165, 1.54) is 0 Å². The second kappa shape index (κ2) is 4.93. The second-order valence-electron chi connectivity index (χ2n) is 3.08. The number of amides is 1. The quantitative estimate of drug-likeness (QED) is 0.595. The predicted octanol–water partition coefficient (Wildman–Crippen LogP) is 0.288. The Balaban J connectivity index is 2.24. The van der Waals surface area contributed by atoms with Crippen LogP contribution in [0.5, 0.6) is 0 Å². The lowest BCUT2D eigenvalue weighted by Gasteiger charge is -2.21. The maximum Gasteiger partial charge on any atom is 0.224 e. The van der Waals surface area contributed by atoms with E-state index in [9.17, 15) is 4.79 Å². The second-order valence-corrected chi connectivity index (χ2v) is 3.08. The minimum atomic E-state index is 0.155. The van der Waals surface area contributed by atoms with Crippen LogP contribution in [0.2, 0.25) is 0 Å². The lowest BCUT2D eigenvalue weighted by molar-refractivity contribution is -0.125. The third-order valence-electron chi connectivity index (χ3n) is 2.09. The van der Waals surface area contributed by atoms with Crippen LogP contribution in [0.4, 0.5) is 0 Å². The average Bonchev–Trinajstić information content (AvgIpc) is 2.15. The van der Waals surface area contributed by atoms with Gasteiger partial charge in [0.2, 0.25) is 5.91 Å². The zero-order valence-corrected chi connectivity index (χ0v) is 7.31. The summed E-state index contributed by atoms with van der Waals surface area (Å²) in [5.41, 5.74) is 0. The Morgan fingerprint density at radius 2 is 2.58 bits per heavy atom. The van der Waals surface area contributed by atoms with Crippen molar-refractivity contribution in [3.63, 3.8) is 0 Å². The van der Waals surface area contributed by atoms with Gasteiger partial charge in [-0.1, -0.05) is 6.08 Å². The summed E-state index contributed by atoms with van der Waals surface area (Å²) in [7, 11) is 0. The van der Waals surface area contributed by atoms with Crippen molar-refractivity contribution in [2.24, 2.45) is 5.92 Å². The summed E-state index contributed by atoms with van der Waals surface area (Å²) in [5, 5.41) is 6.01. The molecular weight excluding hydrogens is 152 g/mol. The SMILES string of the molecule is C=CCNC(=O)[C@@H]1CCCNC1. The third kappa shape index (κ3) is 2.66. The fourth-order valence-electron chi connectivity index (χ4n) is 1.39. The molecule has 0 radical (unpaired) electrons. The Morgan fingerprint density at radius 1 is 1.75 bits per heavy atom. The molecule has 1 saturated heterocycles. The van der Waals surface area contributed by atoms with Crippen LogP contribution in [-0.4, -0.2) is 25.5 Å². The molecule has 1 heterocycles. The number of piperidine rings is 1. The lowest BCUT2D eigenvalue weighted by atomic mass is 9.99. The number of carbonyl (C=O) groups is 1. The zero-order valence-electron chi connectivity index (χ0n) is 7.31. The minimum absolute atomic E-state index is 0.155. The predicted molar refractivity (Wildman–Crippen MR) is 48.8 cm³/mol. The molecular formula is C9H16N2O. The molecule has 3 heteroatoms. The van der Waals surface area contributed by atoms with Crippen molar-refractivity contribution in [3.8, 4) is 0 Å². The van der Waals surface area contributed by atoms with Crippen LogP contribution in [0, 0.1) is 5.92 Å². The van der Waals surface area contributed by atoms with E-state index in [1.54, 1.807) is 6.08 Å². The molecule has 0 unspecified atom stereocenters. The summed E-state index contributed by atoms with van der Waals surface area (Å²) in [6, 6.07) is 0. The number of carbonyl (C=O) groups excluding carboxylic acids is 1. The monoisotopic (exact) mass is 168 g/mol. The molecule has 0 aromatic heterocycles. The first-order chi connectivity index (χ1) is 5.84. The van der Waals surface area contributed by atoms with Gasteiger partial charge in [0.25, 0.3) is 0 Å². The summed E-state index contributed by atoms with van der Waals surface area (Å²) in [4.78, 5) is 11.4. The van der Waals surface area contributed by atoms with Crippen LogP contribution >= 0.6 is 0 Å². The summed E-state index contributed by atoms with van der Waals surface area (Å²) in [6.45, 7) is 6.00. The molecule has 1 rings (SSSR count). The van der Waals surface area contributed by atoms with Crippen molar-refractivity contribution >= 4 is 5.91 Å². The van der Waals surface area contributed by atoms with E-state index in [-0.39, 0.29) is 11.8 Å². The summed E-state index contributed by atoms with van der Waals surface area (Å²) >= 11 is 0. The molecule has 0 aromatic carbocycles. The van der Waals surface area contributed by atoms with Crippen molar-refractivity contribution in [2.75, 3.05) is 19.6 Å². The smallest absolute Gasteiger partial charge is 0.224 e. The Bertz CT molecular complexity index is 162. The zero-order chi connectivity index (χ0) is 8.81. The normalized spacial score (nSPS) is 23.2. The molecule has 1 aliphatic rings. The number of hydrogen-bond acceptors (Lipinski definition) is 2. The summed E-state index contributed by atoms with van der Waals surface area (Å²) in [6.07, 6.45) is 3.82. The van der Waals surface area contributed by atoms with E-state index in [0.29, 0.717) is 6.54 Å². The maximum atomic E-state index is 11.4. The molecule has 0 aliphatic carbocycles. The Kier molecular flexibility index (Phi) is 3.80. The van der Waals surface area contributed by atoms with Crippen LogP contribution in [0.15, 0.2) is 12.7 Å². The standard InChI is InChI=1S/C9H16N2O/c1-2-5-11-9(12)8-4-3-6-10-7-8/h2,8,10H,1,3-7H2,(H,11,12)/t8-/m1/s1. The van der Waals surface area contributed by atoms with E-state index >= 15 is 0 Å². The van der Waals surface area contributed by atoms with Gasteiger partial charge in [-0.3, -0.25) is 4.79 Å². The first-order valence-electron chi connectivity index (χ1n) is 4.44. The van der Waals surface area contributed by atoms with E-state index in [0.717, 1.165) is 25.9 Å². The molecule has 1 amide bonds. The van der Waals surface area contributed by atoms with Gasteiger partial charge in [0.1, 0.15) is 0 Å². The molecule has 0 saturated carbocycles. The maximum absolute atomic E-state index is 11.4. The van der Waals surface area contributed by atoms with Gasteiger partial charge in [0, 0.05) is 13.1 Å². The van der Waals surface area contributed by atoms with Crippen LogP contribution < -0.4 is 10.6 Å². The fraction of sp³-hybridized carbons (Fsp3) is 0.667. The van der Waals surface area contributed by atoms with Gasteiger partial charge < -0.3 is 10.6 Å². The van der Waals surface area contributed by atoms with Crippen LogP contribution in [0.3, 0.4) is 0 Å². The topological polar surface area (TPSA) is 41.1 Å². The molecule has 0 spiro atoms. The van der Waals surface area contributed by atoms with Gasteiger partial charge in [-0.15, -0.1) is 6.58 Å². The largest absolute Gasteiger partial charge is 0.352 e. The Morgan fingerprint density at radius 3 is 3.17 bits per heavy atom. The fourth-order valence-corrected chi connectivity index (χ4v) is 1.39.